The summed E-state index contributed by atoms with van der Waals surface area (Å²) in [5.74, 6) is 0.738. The van der Waals surface area contributed by atoms with Gasteiger partial charge in [-0.2, -0.15) is 0 Å². The molecule has 0 amide bonds. The zero-order valence-corrected chi connectivity index (χ0v) is 19.8. The number of benzene rings is 2. The van der Waals surface area contributed by atoms with Crippen molar-refractivity contribution in [2.45, 2.75) is 77.5 Å². The summed E-state index contributed by atoms with van der Waals surface area (Å²) in [4.78, 5) is 0. The molecular weight excluding hydrogens is 372 g/mol. The molecule has 2 aromatic carbocycles. The molecule has 0 bridgehead atoms. The van der Waals surface area contributed by atoms with Crippen molar-refractivity contribution in [1.29, 1.82) is 0 Å². The molecule has 4 unspecified atom stereocenters. The Morgan fingerprint density at radius 2 is 1.28 bits per heavy atom. The van der Waals surface area contributed by atoms with Crippen molar-refractivity contribution < 1.29 is 9.53 Å². The molecule has 0 saturated heterocycles. The lowest BCUT2D eigenvalue weighted by Crippen LogP contribution is -2.68. The monoisotopic (exact) mass is 410 g/mol. The highest BCUT2D eigenvalue weighted by Gasteiger charge is 2.52. The highest BCUT2D eigenvalue weighted by atomic mass is 28.4. The van der Waals surface area contributed by atoms with E-state index in [1.807, 2.05) is 6.92 Å². The first-order valence-electron chi connectivity index (χ1n) is 11.2. The second-order valence-electron chi connectivity index (χ2n) is 9.84. The van der Waals surface area contributed by atoms with E-state index >= 15 is 0 Å². The highest BCUT2D eigenvalue weighted by Crippen LogP contribution is 2.41. The molecule has 0 heterocycles. The predicted octanol–water partition coefficient (Wildman–Crippen LogP) is 5.14. The largest absolute Gasteiger partial charge is 0.404 e. The first-order valence-corrected chi connectivity index (χ1v) is 13.1. The Morgan fingerprint density at radius 3 is 1.69 bits per heavy atom. The van der Waals surface area contributed by atoms with Gasteiger partial charge in [0.1, 0.15) is 0 Å². The maximum atomic E-state index is 10.4. The molecule has 1 fully saturated rings. The molecule has 3 heteroatoms. The lowest BCUT2D eigenvalue weighted by Gasteiger charge is -2.47. The van der Waals surface area contributed by atoms with Crippen LogP contribution in [-0.4, -0.2) is 25.6 Å². The molecule has 1 aliphatic carbocycles. The minimum atomic E-state index is -2.54. The molecule has 1 N–H and O–H groups in total. The van der Waals surface area contributed by atoms with Gasteiger partial charge in [-0.25, -0.2) is 0 Å². The van der Waals surface area contributed by atoms with E-state index < -0.39 is 8.32 Å². The van der Waals surface area contributed by atoms with E-state index in [9.17, 15) is 5.11 Å². The van der Waals surface area contributed by atoms with Gasteiger partial charge in [-0.3, -0.25) is 0 Å². The van der Waals surface area contributed by atoms with Crippen molar-refractivity contribution in [3.63, 3.8) is 0 Å². The summed E-state index contributed by atoms with van der Waals surface area (Å²) >= 11 is 0. The summed E-state index contributed by atoms with van der Waals surface area (Å²) in [5.41, 5.74) is 0. The minimum absolute atomic E-state index is 0.0149. The number of hydrogen-bond donors (Lipinski definition) is 1. The zero-order chi connectivity index (χ0) is 21.1. The van der Waals surface area contributed by atoms with Crippen LogP contribution in [0.25, 0.3) is 0 Å². The van der Waals surface area contributed by atoms with Gasteiger partial charge in [0.05, 0.1) is 6.10 Å². The molecule has 2 aromatic rings. The summed E-state index contributed by atoms with van der Waals surface area (Å²) in [6, 6.07) is 21.7. The lowest BCUT2D eigenvalue weighted by molar-refractivity contribution is 0.00555. The Balaban J connectivity index is 2.08. The minimum Gasteiger partial charge on any atom is -0.404 e. The van der Waals surface area contributed by atoms with Crippen molar-refractivity contribution in [2.75, 3.05) is 0 Å². The summed E-state index contributed by atoms with van der Waals surface area (Å²) in [7, 11) is -2.54. The molecule has 0 spiro atoms. The van der Waals surface area contributed by atoms with E-state index in [4.69, 9.17) is 4.43 Å². The number of rotatable bonds is 6. The maximum Gasteiger partial charge on any atom is 0.261 e. The van der Waals surface area contributed by atoms with E-state index in [2.05, 4.69) is 88.4 Å². The fourth-order valence-corrected chi connectivity index (χ4v) is 10.2. The molecule has 158 valence electrons. The average Bonchev–Trinajstić information content (AvgIpc) is 2.72. The van der Waals surface area contributed by atoms with Crippen LogP contribution < -0.4 is 10.4 Å². The normalized spacial score (nSPS) is 22.8. The predicted molar refractivity (Wildman–Crippen MR) is 125 cm³/mol. The van der Waals surface area contributed by atoms with Crippen molar-refractivity contribution in [3.05, 3.63) is 60.7 Å². The van der Waals surface area contributed by atoms with Crippen LogP contribution in [0.4, 0.5) is 0 Å². The average molecular weight is 411 g/mol. The van der Waals surface area contributed by atoms with Gasteiger partial charge >= 0.3 is 0 Å². The molecule has 0 radical (unpaired) electrons. The van der Waals surface area contributed by atoms with E-state index in [0.717, 1.165) is 12.8 Å². The Morgan fingerprint density at radius 1 is 0.828 bits per heavy atom. The summed E-state index contributed by atoms with van der Waals surface area (Å²) in [6.07, 6.45) is 4.55. The first-order chi connectivity index (χ1) is 13.8. The zero-order valence-electron chi connectivity index (χ0n) is 18.8. The van der Waals surface area contributed by atoms with E-state index in [1.165, 1.54) is 23.2 Å². The topological polar surface area (TPSA) is 29.5 Å². The van der Waals surface area contributed by atoms with E-state index in [-0.39, 0.29) is 17.2 Å². The van der Waals surface area contributed by atoms with Crippen molar-refractivity contribution in [2.24, 2.45) is 11.8 Å². The van der Waals surface area contributed by atoms with Gasteiger partial charge in [-0.15, -0.1) is 0 Å². The summed E-state index contributed by atoms with van der Waals surface area (Å²) < 4.78 is 7.32. The lowest BCUT2D eigenvalue weighted by atomic mass is 9.74. The molecule has 1 aliphatic rings. The van der Waals surface area contributed by atoms with Crippen molar-refractivity contribution in [1.82, 2.24) is 0 Å². The molecule has 2 nitrogen and oxygen atoms in total. The SMILES string of the molecule is CC(O)C1CCCCC1C(C)O[Si](c1ccccc1)(c1ccccc1)C(C)(C)C. The summed E-state index contributed by atoms with van der Waals surface area (Å²) in [5, 5.41) is 13.1. The first kappa shape index (κ1) is 22.3. The second kappa shape index (κ2) is 9.16. The number of aliphatic hydroxyl groups excluding tert-OH is 1. The van der Waals surface area contributed by atoms with Crippen molar-refractivity contribution in [3.8, 4) is 0 Å². The van der Waals surface area contributed by atoms with Gasteiger partial charge in [0.25, 0.3) is 8.32 Å². The molecule has 0 aromatic heterocycles. The third kappa shape index (κ3) is 4.52. The number of hydrogen-bond acceptors (Lipinski definition) is 2. The van der Waals surface area contributed by atoms with Crippen LogP contribution in [0.5, 0.6) is 0 Å². The standard InChI is InChI=1S/C26H38O2Si/c1-20(27)24-18-12-13-19-25(24)21(2)28-29(26(3,4)5,22-14-8-6-9-15-22)23-16-10-7-11-17-23/h6-11,14-17,20-21,24-25,27H,12-13,18-19H2,1-5H3. The summed E-state index contributed by atoms with van der Waals surface area (Å²) in [6.45, 7) is 11.2. The van der Waals surface area contributed by atoms with Gasteiger partial charge in [-0.1, -0.05) is 94.3 Å². The Hall–Kier alpha value is -1.42. The highest BCUT2D eigenvalue weighted by molar-refractivity contribution is 6.99. The Kier molecular flexibility index (Phi) is 7.03. The van der Waals surface area contributed by atoms with E-state index in [1.54, 1.807) is 0 Å². The van der Waals surface area contributed by atoms with Crippen LogP contribution in [-0.2, 0) is 4.43 Å². The molecule has 0 aliphatic heterocycles. The molecule has 4 atom stereocenters. The Labute approximate surface area is 178 Å². The third-order valence-electron chi connectivity index (χ3n) is 6.88. The van der Waals surface area contributed by atoms with Crippen LogP contribution in [0.15, 0.2) is 60.7 Å². The Bertz CT molecular complexity index is 712. The quantitative estimate of drug-likeness (QED) is 0.668. The van der Waals surface area contributed by atoms with Crippen LogP contribution in [0.3, 0.4) is 0 Å². The van der Waals surface area contributed by atoms with Gasteiger partial charge in [0, 0.05) is 6.10 Å². The van der Waals surface area contributed by atoms with E-state index in [0.29, 0.717) is 11.8 Å². The molecule has 3 rings (SSSR count). The van der Waals surface area contributed by atoms with Gasteiger partial charge in [0.2, 0.25) is 0 Å². The second-order valence-corrected chi connectivity index (χ2v) is 14.1. The molecular formula is C26H38O2Si. The smallest absolute Gasteiger partial charge is 0.261 e. The molecule has 29 heavy (non-hydrogen) atoms. The fourth-order valence-electron chi connectivity index (χ4n) is 5.43. The molecule has 1 saturated carbocycles. The van der Waals surface area contributed by atoms with Gasteiger partial charge in [-0.05, 0) is 53.9 Å². The third-order valence-corrected chi connectivity index (χ3v) is 12.0. The maximum absolute atomic E-state index is 10.4. The van der Waals surface area contributed by atoms with Gasteiger partial charge in [0.15, 0.2) is 0 Å². The van der Waals surface area contributed by atoms with Crippen molar-refractivity contribution >= 4 is 18.7 Å². The van der Waals surface area contributed by atoms with Crippen LogP contribution in [0.1, 0.15) is 60.3 Å². The van der Waals surface area contributed by atoms with Crippen LogP contribution in [0.2, 0.25) is 5.04 Å². The van der Waals surface area contributed by atoms with Crippen LogP contribution in [0, 0.1) is 11.8 Å². The number of aliphatic hydroxyl groups is 1. The fraction of sp³-hybridized carbons (Fsp3) is 0.538. The van der Waals surface area contributed by atoms with Gasteiger partial charge < -0.3 is 9.53 Å². The van der Waals surface area contributed by atoms with Crippen LogP contribution >= 0.6 is 0 Å².